The van der Waals surface area contributed by atoms with Gasteiger partial charge < -0.3 is 5.73 Å². The molecule has 0 saturated heterocycles. The van der Waals surface area contributed by atoms with Crippen LogP contribution in [0.2, 0.25) is 0 Å². The van der Waals surface area contributed by atoms with E-state index in [1.165, 1.54) is 13.0 Å². The van der Waals surface area contributed by atoms with Gasteiger partial charge in [-0.05, 0) is 19.1 Å². The molecule has 0 aliphatic heterocycles. The molecule has 0 bridgehead atoms. The predicted octanol–water partition coefficient (Wildman–Crippen LogP) is 0.637. The topological polar surface area (TPSA) is 85.1 Å². The van der Waals surface area contributed by atoms with Crippen LogP contribution < -0.4 is 10.5 Å². The van der Waals surface area contributed by atoms with Gasteiger partial charge in [-0.2, -0.15) is 0 Å². The summed E-state index contributed by atoms with van der Waals surface area (Å²) in [6.07, 6.45) is 0.906. The Labute approximate surface area is 97.9 Å². The van der Waals surface area contributed by atoms with Gasteiger partial charge in [-0.3, -0.25) is 4.72 Å². The van der Waals surface area contributed by atoms with E-state index in [2.05, 4.69) is 21.9 Å². The highest BCUT2D eigenvalue weighted by Gasteiger charge is 2.23. The molecular weight excluding hydrogens is 253 g/mol. The molecule has 0 aliphatic carbocycles. The second-order valence-corrected chi connectivity index (χ2v) is 5.53. The average Bonchev–Trinajstić information content (AvgIpc) is 2.20. The third-order valence-electron chi connectivity index (χ3n) is 1.84. The van der Waals surface area contributed by atoms with Gasteiger partial charge in [0.1, 0.15) is 16.9 Å². The molecule has 0 saturated carbocycles. The third kappa shape index (κ3) is 3.11. The van der Waals surface area contributed by atoms with Gasteiger partial charge in [0.05, 0.1) is 11.2 Å². The summed E-state index contributed by atoms with van der Waals surface area (Å²) in [6, 6.07) is 2.30. The van der Waals surface area contributed by atoms with Crippen LogP contribution in [0.3, 0.4) is 0 Å². The van der Waals surface area contributed by atoms with Gasteiger partial charge >= 0.3 is 0 Å². The van der Waals surface area contributed by atoms with E-state index in [4.69, 9.17) is 5.73 Å². The smallest absolute Gasteiger partial charge is 0.243 e. The molecule has 1 rings (SSSR count). The van der Waals surface area contributed by atoms with E-state index in [-0.39, 0.29) is 10.8 Å². The number of sulfonamides is 1. The number of halogens is 1. The summed E-state index contributed by atoms with van der Waals surface area (Å²) >= 11 is 4.58. The lowest BCUT2D eigenvalue weighted by molar-refractivity contribution is 0.597. The zero-order valence-electron chi connectivity index (χ0n) is 8.34. The second kappa shape index (κ2) is 4.71. The average molecular weight is 263 g/mol. The van der Waals surface area contributed by atoms with Crippen LogP contribution in [0.25, 0.3) is 0 Å². The molecule has 1 unspecified atom stereocenters. The van der Waals surface area contributed by atoms with Crippen LogP contribution in [-0.2, 0) is 10.0 Å². The van der Waals surface area contributed by atoms with Gasteiger partial charge in [0.15, 0.2) is 0 Å². The normalized spacial score (nSPS) is 13.1. The SMILES string of the molecule is CC(C(N)=S)S(=O)(=O)Nc1ccc(F)cn1. The first-order valence-electron chi connectivity index (χ1n) is 4.25. The lowest BCUT2D eigenvalue weighted by Crippen LogP contribution is -2.35. The van der Waals surface area contributed by atoms with Crippen LogP contribution in [0.5, 0.6) is 0 Å². The third-order valence-corrected chi connectivity index (χ3v) is 4.02. The van der Waals surface area contributed by atoms with Crippen molar-refractivity contribution in [2.24, 2.45) is 5.73 Å². The Morgan fingerprint density at radius 1 is 1.62 bits per heavy atom. The standard InChI is InChI=1S/C8H10FN3O2S2/c1-5(8(10)15)16(13,14)12-7-3-2-6(9)4-11-7/h2-5H,1H3,(H2,10,15)(H,11,12). The fourth-order valence-corrected chi connectivity index (χ4v) is 2.10. The second-order valence-electron chi connectivity index (χ2n) is 3.05. The van der Waals surface area contributed by atoms with Gasteiger partial charge in [0.25, 0.3) is 0 Å². The zero-order valence-corrected chi connectivity index (χ0v) is 9.98. The largest absolute Gasteiger partial charge is 0.392 e. The van der Waals surface area contributed by atoms with Crippen molar-refractivity contribution in [2.75, 3.05) is 4.72 Å². The summed E-state index contributed by atoms with van der Waals surface area (Å²) in [6.45, 7) is 1.36. The summed E-state index contributed by atoms with van der Waals surface area (Å²) in [5.41, 5.74) is 5.23. The molecule has 0 amide bonds. The molecule has 0 aromatic carbocycles. The highest BCUT2D eigenvalue weighted by Crippen LogP contribution is 2.09. The number of rotatable bonds is 4. The molecule has 1 heterocycles. The molecule has 0 spiro atoms. The lowest BCUT2D eigenvalue weighted by Gasteiger charge is -2.12. The minimum atomic E-state index is -3.73. The van der Waals surface area contributed by atoms with Crippen LogP contribution in [0, 0.1) is 5.82 Å². The van der Waals surface area contributed by atoms with Gasteiger partial charge in [-0.25, -0.2) is 17.8 Å². The monoisotopic (exact) mass is 263 g/mol. The van der Waals surface area contributed by atoms with Crippen molar-refractivity contribution in [2.45, 2.75) is 12.2 Å². The van der Waals surface area contributed by atoms with Crippen LogP contribution in [0.15, 0.2) is 18.3 Å². The summed E-state index contributed by atoms with van der Waals surface area (Å²) in [5, 5.41) is -1.02. The highest BCUT2D eigenvalue weighted by atomic mass is 32.2. The minimum Gasteiger partial charge on any atom is -0.392 e. The number of aromatic nitrogens is 1. The van der Waals surface area contributed by atoms with Crippen molar-refractivity contribution < 1.29 is 12.8 Å². The van der Waals surface area contributed by atoms with Crippen molar-refractivity contribution in [3.63, 3.8) is 0 Å². The van der Waals surface area contributed by atoms with Gasteiger partial charge in [-0.1, -0.05) is 12.2 Å². The molecule has 3 N–H and O–H groups in total. The van der Waals surface area contributed by atoms with E-state index in [0.29, 0.717) is 0 Å². The van der Waals surface area contributed by atoms with Crippen molar-refractivity contribution >= 4 is 33.0 Å². The van der Waals surface area contributed by atoms with E-state index in [1.54, 1.807) is 0 Å². The maximum absolute atomic E-state index is 12.5. The Morgan fingerprint density at radius 2 is 2.25 bits per heavy atom. The summed E-state index contributed by atoms with van der Waals surface area (Å²) < 4.78 is 37.9. The molecule has 0 fully saturated rings. The van der Waals surface area contributed by atoms with Crippen molar-refractivity contribution in [3.05, 3.63) is 24.1 Å². The van der Waals surface area contributed by atoms with Crippen LogP contribution >= 0.6 is 12.2 Å². The Hall–Kier alpha value is -1.28. The van der Waals surface area contributed by atoms with Gasteiger partial charge in [0, 0.05) is 0 Å². The number of nitrogens with zero attached hydrogens (tertiary/aromatic N) is 1. The van der Waals surface area contributed by atoms with Crippen molar-refractivity contribution in [1.82, 2.24) is 4.98 Å². The molecule has 1 atom stereocenters. The van der Waals surface area contributed by atoms with Crippen molar-refractivity contribution in [3.8, 4) is 0 Å². The number of pyridine rings is 1. The lowest BCUT2D eigenvalue weighted by atomic mass is 10.5. The highest BCUT2D eigenvalue weighted by molar-refractivity contribution is 7.95. The summed E-state index contributed by atoms with van der Waals surface area (Å²) in [7, 11) is -3.73. The van der Waals surface area contributed by atoms with Gasteiger partial charge in [-0.15, -0.1) is 0 Å². The maximum atomic E-state index is 12.5. The zero-order chi connectivity index (χ0) is 12.3. The first-order chi connectivity index (χ1) is 7.33. The minimum absolute atomic E-state index is 0.0181. The molecule has 0 radical (unpaired) electrons. The molecular formula is C8H10FN3O2S2. The Bertz CT molecular complexity index is 487. The summed E-state index contributed by atoms with van der Waals surface area (Å²) in [4.78, 5) is 3.41. The number of anilines is 1. The predicted molar refractivity (Wildman–Crippen MR) is 63.0 cm³/mol. The van der Waals surface area contributed by atoms with E-state index in [0.717, 1.165) is 12.3 Å². The van der Waals surface area contributed by atoms with Crippen LogP contribution in [-0.4, -0.2) is 23.6 Å². The van der Waals surface area contributed by atoms with E-state index < -0.39 is 21.1 Å². The number of thiocarbonyl (C=S) groups is 1. The molecule has 1 aromatic rings. The first kappa shape index (κ1) is 12.8. The maximum Gasteiger partial charge on any atom is 0.243 e. The number of nitrogens with one attached hydrogen (secondary N) is 1. The van der Waals surface area contributed by atoms with E-state index in [1.807, 2.05) is 0 Å². The Morgan fingerprint density at radius 3 is 2.69 bits per heavy atom. The molecule has 1 aromatic heterocycles. The van der Waals surface area contributed by atoms with Crippen molar-refractivity contribution in [1.29, 1.82) is 0 Å². The number of nitrogens with two attached hydrogens (primary N) is 1. The van der Waals surface area contributed by atoms with E-state index >= 15 is 0 Å². The number of hydrogen-bond donors (Lipinski definition) is 2. The number of hydrogen-bond acceptors (Lipinski definition) is 4. The molecule has 88 valence electrons. The fraction of sp³-hybridized carbons (Fsp3) is 0.250. The van der Waals surface area contributed by atoms with Crippen LogP contribution in [0.4, 0.5) is 10.2 Å². The summed E-state index contributed by atoms with van der Waals surface area (Å²) in [5.74, 6) is -0.533. The Kier molecular flexibility index (Phi) is 3.76. The molecule has 8 heteroatoms. The van der Waals surface area contributed by atoms with Crippen LogP contribution in [0.1, 0.15) is 6.92 Å². The Balaban J connectivity index is 2.89. The molecule has 0 aliphatic rings. The van der Waals surface area contributed by atoms with Gasteiger partial charge in [0.2, 0.25) is 10.0 Å². The van der Waals surface area contributed by atoms with E-state index in [9.17, 15) is 12.8 Å². The fourth-order valence-electron chi connectivity index (χ4n) is 0.823. The quantitative estimate of drug-likeness (QED) is 0.779. The molecule has 16 heavy (non-hydrogen) atoms. The molecule has 5 nitrogen and oxygen atoms in total. The first-order valence-corrected chi connectivity index (χ1v) is 6.21.